The number of pyridine rings is 1. The first-order valence-corrected chi connectivity index (χ1v) is 7.24. The van der Waals surface area contributed by atoms with Gasteiger partial charge in [-0.05, 0) is 24.1 Å². The molecule has 112 valence electrons. The van der Waals surface area contributed by atoms with E-state index in [0.29, 0.717) is 5.88 Å². The van der Waals surface area contributed by atoms with E-state index < -0.39 is 0 Å². The first-order valence-electron chi connectivity index (χ1n) is 7.24. The molecule has 0 radical (unpaired) electrons. The van der Waals surface area contributed by atoms with Crippen LogP contribution in [0.3, 0.4) is 0 Å². The van der Waals surface area contributed by atoms with E-state index in [2.05, 4.69) is 25.8 Å². The second kappa shape index (κ2) is 6.27. The van der Waals surface area contributed by atoms with Crippen molar-refractivity contribution in [3.05, 3.63) is 59.3 Å². The lowest BCUT2D eigenvalue weighted by Gasteiger charge is -2.21. The lowest BCUT2D eigenvalue weighted by molar-refractivity contribution is 0.214. The van der Waals surface area contributed by atoms with Gasteiger partial charge in [0.1, 0.15) is 6.10 Å². The maximum absolute atomic E-state index is 9.42. The molecule has 2 aromatic rings. The molecule has 1 aromatic heterocycles. The molecular weight excluding hydrogens is 262 g/mol. The summed E-state index contributed by atoms with van der Waals surface area (Å²) in [7, 11) is 0. The minimum absolute atomic E-state index is 0.0122. The monoisotopic (exact) mass is 285 g/mol. The predicted molar refractivity (Wildman–Crippen MR) is 84.3 cm³/mol. The van der Waals surface area contributed by atoms with Crippen molar-refractivity contribution >= 4 is 0 Å². The zero-order valence-corrected chi connectivity index (χ0v) is 13.1. The van der Waals surface area contributed by atoms with E-state index in [-0.39, 0.29) is 18.1 Å². The second-order valence-electron chi connectivity index (χ2n) is 6.28. The van der Waals surface area contributed by atoms with E-state index in [1.54, 1.807) is 6.07 Å². The minimum Gasteiger partial charge on any atom is -0.470 e. The lowest BCUT2D eigenvalue weighted by Crippen LogP contribution is -2.15. The largest absolute Gasteiger partial charge is 0.470 e. The van der Waals surface area contributed by atoms with Gasteiger partial charge in [0.2, 0.25) is 5.88 Å². The number of rotatable bonds is 4. The van der Waals surface area contributed by atoms with Crippen molar-refractivity contribution in [1.82, 2.24) is 4.98 Å². The van der Waals surface area contributed by atoms with Crippen LogP contribution < -0.4 is 4.74 Å². The number of hydrogen-bond donors (Lipinski definition) is 1. The van der Waals surface area contributed by atoms with Gasteiger partial charge in [-0.1, -0.05) is 51.1 Å². The third-order valence-electron chi connectivity index (χ3n) is 3.38. The van der Waals surface area contributed by atoms with Crippen LogP contribution >= 0.6 is 0 Å². The number of hydrogen-bond acceptors (Lipinski definition) is 3. The Morgan fingerprint density at radius 3 is 2.38 bits per heavy atom. The molecule has 21 heavy (non-hydrogen) atoms. The maximum Gasteiger partial charge on any atom is 0.214 e. The molecule has 0 fully saturated rings. The molecule has 1 N–H and O–H groups in total. The summed E-state index contributed by atoms with van der Waals surface area (Å²) in [5.74, 6) is 0.558. The van der Waals surface area contributed by atoms with Crippen molar-refractivity contribution in [2.24, 2.45) is 0 Å². The summed E-state index contributed by atoms with van der Waals surface area (Å²) < 4.78 is 5.96. The van der Waals surface area contributed by atoms with Gasteiger partial charge in [-0.2, -0.15) is 0 Å². The molecule has 0 aliphatic heterocycles. The van der Waals surface area contributed by atoms with E-state index in [1.165, 1.54) is 0 Å². The van der Waals surface area contributed by atoms with Gasteiger partial charge in [0.25, 0.3) is 0 Å². The molecule has 0 saturated carbocycles. The van der Waals surface area contributed by atoms with Crippen LogP contribution in [-0.2, 0) is 12.0 Å². The zero-order valence-electron chi connectivity index (χ0n) is 13.1. The standard InChI is InChI=1S/C18H23NO2/c1-13(15-8-6-5-7-9-15)21-17-11-14(12-20)10-16(19-17)18(2,3)4/h5-11,13,20H,12H2,1-4H3. The molecule has 0 spiro atoms. The first kappa shape index (κ1) is 15.5. The zero-order chi connectivity index (χ0) is 15.5. The first-order chi connectivity index (χ1) is 9.90. The van der Waals surface area contributed by atoms with E-state index in [1.807, 2.05) is 43.3 Å². The molecule has 1 unspecified atom stereocenters. The molecular formula is C18H23NO2. The molecule has 1 aromatic carbocycles. The van der Waals surface area contributed by atoms with Crippen molar-refractivity contribution in [3.8, 4) is 5.88 Å². The van der Waals surface area contributed by atoms with Crippen molar-refractivity contribution in [1.29, 1.82) is 0 Å². The Balaban J connectivity index is 2.27. The van der Waals surface area contributed by atoms with Gasteiger partial charge < -0.3 is 9.84 Å². The number of aliphatic hydroxyl groups excluding tert-OH is 1. The average molecular weight is 285 g/mol. The number of aliphatic hydroxyl groups is 1. The smallest absolute Gasteiger partial charge is 0.214 e. The Kier molecular flexibility index (Phi) is 4.63. The van der Waals surface area contributed by atoms with Crippen molar-refractivity contribution in [2.75, 3.05) is 0 Å². The van der Waals surface area contributed by atoms with Crippen molar-refractivity contribution in [2.45, 2.75) is 45.8 Å². The van der Waals surface area contributed by atoms with Crippen LogP contribution in [0.15, 0.2) is 42.5 Å². The highest BCUT2D eigenvalue weighted by Gasteiger charge is 2.18. The SMILES string of the molecule is CC(Oc1cc(CO)cc(C(C)(C)C)n1)c1ccccc1. The van der Waals surface area contributed by atoms with E-state index in [0.717, 1.165) is 16.8 Å². The van der Waals surface area contributed by atoms with Gasteiger partial charge in [0.15, 0.2) is 0 Å². The lowest BCUT2D eigenvalue weighted by atomic mass is 9.91. The van der Waals surface area contributed by atoms with Gasteiger partial charge in [-0.15, -0.1) is 0 Å². The van der Waals surface area contributed by atoms with Gasteiger partial charge >= 0.3 is 0 Å². The molecule has 0 aliphatic carbocycles. The Morgan fingerprint density at radius 1 is 1.14 bits per heavy atom. The Morgan fingerprint density at radius 2 is 1.81 bits per heavy atom. The summed E-state index contributed by atoms with van der Waals surface area (Å²) >= 11 is 0. The molecule has 3 heteroatoms. The van der Waals surface area contributed by atoms with E-state index >= 15 is 0 Å². The Labute approximate surface area is 126 Å². The molecule has 0 saturated heterocycles. The maximum atomic E-state index is 9.42. The molecule has 1 atom stereocenters. The van der Waals surface area contributed by atoms with Gasteiger partial charge in [0, 0.05) is 11.5 Å². The summed E-state index contributed by atoms with van der Waals surface area (Å²) in [5, 5.41) is 9.42. The molecule has 0 aliphatic rings. The van der Waals surface area contributed by atoms with Crippen LogP contribution in [0.2, 0.25) is 0 Å². The van der Waals surface area contributed by atoms with Crippen LogP contribution in [0.25, 0.3) is 0 Å². The number of nitrogens with zero attached hydrogens (tertiary/aromatic N) is 1. The van der Waals surface area contributed by atoms with Gasteiger partial charge in [-0.25, -0.2) is 4.98 Å². The van der Waals surface area contributed by atoms with Crippen LogP contribution in [0, 0.1) is 0 Å². The molecule has 0 bridgehead atoms. The van der Waals surface area contributed by atoms with Gasteiger partial charge in [0.05, 0.1) is 12.3 Å². The quantitative estimate of drug-likeness (QED) is 0.923. The Bertz CT molecular complexity index is 588. The van der Waals surface area contributed by atoms with Crippen LogP contribution in [0.1, 0.15) is 50.6 Å². The summed E-state index contributed by atoms with van der Waals surface area (Å²) in [6.45, 7) is 8.28. The normalized spacial score (nSPS) is 13.0. The number of ether oxygens (including phenoxy) is 1. The fourth-order valence-electron chi connectivity index (χ4n) is 2.07. The van der Waals surface area contributed by atoms with Gasteiger partial charge in [-0.3, -0.25) is 0 Å². The number of aromatic nitrogens is 1. The third-order valence-corrected chi connectivity index (χ3v) is 3.38. The second-order valence-corrected chi connectivity index (χ2v) is 6.28. The fourth-order valence-corrected chi connectivity index (χ4v) is 2.07. The summed E-state index contributed by atoms with van der Waals surface area (Å²) in [6, 6.07) is 13.8. The van der Waals surface area contributed by atoms with Crippen LogP contribution in [-0.4, -0.2) is 10.1 Å². The summed E-state index contributed by atoms with van der Waals surface area (Å²) in [5.41, 5.74) is 2.76. The summed E-state index contributed by atoms with van der Waals surface area (Å²) in [4.78, 5) is 4.58. The topological polar surface area (TPSA) is 42.4 Å². The third kappa shape index (κ3) is 4.05. The van der Waals surface area contributed by atoms with Crippen molar-refractivity contribution < 1.29 is 9.84 Å². The average Bonchev–Trinajstić information content (AvgIpc) is 2.46. The van der Waals surface area contributed by atoms with Crippen LogP contribution in [0.4, 0.5) is 0 Å². The van der Waals surface area contributed by atoms with E-state index in [4.69, 9.17) is 4.74 Å². The molecule has 2 rings (SSSR count). The molecule has 1 heterocycles. The highest BCUT2D eigenvalue weighted by atomic mass is 16.5. The van der Waals surface area contributed by atoms with Crippen LogP contribution in [0.5, 0.6) is 5.88 Å². The highest BCUT2D eigenvalue weighted by Crippen LogP contribution is 2.26. The molecule has 3 nitrogen and oxygen atoms in total. The minimum atomic E-state index is -0.0841. The Hall–Kier alpha value is -1.87. The molecule has 0 amide bonds. The number of benzene rings is 1. The summed E-state index contributed by atoms with van der Waals surface area (Å²) in [6.07, 6.45) is -0.0829. The van der Waals surface area contributed by atoms with E-state index in [9.17, 15) is 5.11 Å². The predicted octanol–water partition coefficient (Wildman–Crippen LogP) is 4.01. The fraction of sp³-hybridized carbons (Fsp3) is 0.389. The highest BCUT2D eigenvalue weighted by molar-refractivity contribution is 5.29. The van der Waals surface area contributed by atoms with Crippen molar-refractivity contribution in [3.63, 3.8) is 0 Å².